The Morgan fingerprint density at radius 3 is 1.78 bits per heavy atom. The Hall–Kier alpha value is -2.95. The molecule has 0 N–H and O–H groups in total. The van der Waals surface area contributed by atoms with Crippen molar-refractivity contribution in [2.75, 3.05) is 13.2 Å². The number of esters is 1. The molecule has 5 heteroatoms. The van der Waals surface area contributed by atoms with Crippen LogP contribution in [0.4, 0.5) is 11.4 Å². The minimum Gasteiger partial charge on any atom is -0.494 e. The van der Waals surface area contributed by atoms with Gasteiger partial charge in [-0.1, -0.05) is 83.4 Å². The molecule has 0 aliphatic heterocycles. The van der Waals surface area contributed by atoms with E-state index in [1.807, 2.05) is 36.4 Å². The van der Waals surface area contributed by atoms with Gasteiger partial charge in [-0.15, -0.1) is 0 Å². The largest absolute Gasteiger partial charge is 0.494 e. The van der Waals surface area contributed by atoms with Crippen LogP contribution >= 0.6 is 0 Å². The van der Waals surface area contributed by atoms with Crippen molar-refractivity contribution < 1.29 is 14.3 Å². The third-order valence-electron chi connectivity index (χ3n) is 6.26. The third kappa shape index (κ3) is 14.4. The lowest BCUT2D eigenvalue weighted by Gasteiger charge is -2.06. The maximum atomic E-state index is 11.3. The Kier molecular flexibility index (Phi) is 15.7. The highest BCUT2D eigenvalue weighted by Gasteiger charge is 2.02. The van der Waals surface area contributed by atoms with E-state index in [0.29, 0.717) is 12.2 Å². The number of hydrogen-bond acceptors (Lipinski definition) is 5. The SMILES string of the molecule is C=C(C)C(=O)OCCCCCCCCCCOc1ccc(N=Nc2ccc(CCCCCC)cc2)cc1. The molecule has 0 aromatic heterocycles. The van der Waals surface area contributed by atoms with Gasteiger partial charge in [0.2, 0.25) is 0 Å². The topological polar surface area (TPSA) is 60.2 Å². The van der Waals surface area contributed by atoms with E-state index >= 15 is 0 Å². The molecule has 2 aromatic carbocycles. The van der Waals surface area contributed by atoms with Gasteiger partial charge in [0.05, 0.1) is 24.6 Å². The Balaban J connectivity index is 1.51. The number of benzene rings is 2. The molecule has 0 amide bonds. The van der Waals surface area contributed by atoms with Crippen molar-refractivity contribution >= 4 is 17.3 Å². The van der Waals surface area contributed by atoms with Crippen molar-refractivity contribution in [1.29, 1.82) is 0 Å². The second-order valence-electron chi connectivity index (χ2n) is 9.76. The van der Waals surface area contributed by atoms with Crippen LogP contribution < -0.4 is 4.74 Å². The average Bonchev–Trinajstić information content (AvgIpc) is 2.91. The number of unbranched alkanes of at least 4 members (excludes halogenated alkanes) is 10. The van der Waals surface area contributed by atoms with E-state index in [1.54, 1.807) is 6.92 Å². The minimum atomic E-state index is -0.284. The van der Waals surface area contributed by atoms with Gasteiger partial charge in [0.1, 0.15) is 5.75 Å². The number of aryl methyl sites for hydroxylation is 1. The maximum absolute atomic E-state index is 11.3. The standard InChI is InChI=1S/C32H46N2O3/c1-4-5-6-13-16-28-17-19-29(20-18-28)33-34-30-21-23-31(24-22-30)36-25-14-11-9-7-8-10-12-15-26-37-32(35)27(2)3/h17-24H,2,4-16,25-26H2,1,3H3. The fourth-order valence-corrected chi connectivity index (χ4v) is 3.95. The molecule has 0 radical (unpaired) electrons. The van der Waals surface area contributed by atoms with E-state index in [0.717, 1.165) is 49.4 Å². The minimum absolute atomic E-state index is 0.284. The van der Waals surface area contributed by atoms with Crippen molar-refractivity contribution in [2.45, 2.75) is 97.3 Å². The molecule has 0 saturated carbocycles. The molecular weight excluding hydrogens is 460 g/mol. The van der Waals surface area contributed by atoms with Gasteiger partial charge >= 0.3 is 5.97 Å². The fourth-order valence-electron chi connectivity index (χ4n) is 3.95. The molecule has 0 heterocycles. The van der Waals surface area contributed by atoms with Crippen molar-refractivity contribution in [3.05, 3.63) is 66.2 Å². The van der Waals surface area contributed by atoms with Crippen LogP contribution in [-0.4, -0.2) is 19.2 Å². The first kappa shape index (κ1) is 30.3. The Morgan fingerprint density at radius 1 is 0.703 bits per heavy atom. The van der Waals surface area contributed by atoms with Crippen molar-refractivity contribution in [3.63, 3.8) is 0 Å². The molecule has 202 valence electrons. The lowest BCUT2D eigenvalue weighted by Crippen LogP contribution is -2.05. The van der Waals surface area contributed by atoms with Gasteiger partial charge in [-0.3, -0.25) is 0 Å². The molecule has 0 aliphatic carbocycles. The summed E-state index contributed by atoms with van der Waals surface area (Å²) in [6, 6.07) is 16.2. The van der Waals surface area contributed by atoms with Crippen LogP contribution in [0.15, 0.2) is 70.9 Å². The third-order valence-corrected chi connectivity index (χ3v) is 6.26. The summed E-state index contributed by atoms with van der Waals surface area (Å²) in [5.74, 6) is 0.590. The molecular formula is C32H46N2O3. The zero-order valence-electron chi connectivity index (χ0n) is 23.1. The Morgan fingerprint density at radius 2 is 1.22 bits per heavy atom. The second kappa shape index (κ2) is 19.2. The summed E-state index contributed by atoms with van der Waals surface area (Å²) in [4.78, 5) is 11.3. The molecule has 0 spiro atoms. The summed E-state index contributed by atoms with van der Waals surface area (Å²) in [7, 11) is 0. The summed E-state index contributed by atoms with van der Waals surface area (Å²) >= 11 is 0. The van der Waals surface area contributed by atoms with Gasteiger partial charge in [-0.05, 0) is 74.6 Å². The van der Waals surface area contributed by atoms with Gasteiger partial charge in [0, 0.05) is 5.57 Å². The van der Waals surface area contributed by atoms with Crippen LogP contribution in [-0.2, 0) is 16.0 Å². The van der Waals surface area contributed by atoms with Gasteiger partial charge < -0.3 is 9.47 Å². The highest BCUT2D eigenvalue weighted by molar-refractivity contribution is 5.86. The zero-order valence-corrected chi connectivity index (χ0v) is 23.1. The average molecular weight is 507 g/mol. The summed E-state index contributed by atoms with van der Waals surface area (Å²) in [6.45, 7) is 8.73. The lowest BCUT2D eigenvalue weighted by atomic mass is 10.1. The van der Waals surface area contributed by atoms with Crippen LogP contribution in [0.3, 0.4) is 0 Å². The number of azo groups is 1. The van der Waals surface area contributed by atoms with E-state index in [9.17, 15) is 4.79 Å². The number of carbonyl (C=O) groups excluding carboxylic acids is 1. The first-order chi connectivity index (χ1) is 18.1. The molecule has 0 unspecified atom stereocenters. The molecule has 0 atom stereocenters. The predicted molar refractivity (Wildman–Crippen MR) is 153 cm³/mol. The van der Waals surface area contributed by atoms with Gasteiger partial charge in [-0.25, -0.2) is 4.79 Å². The second-order valence-corrected chi connectivity index (χ2v) is 9.76. The number of rotatable bonds is 20. The fraction of sp³-hybridized carbons (Fsp3) is 0.531. The van der Waals surface area contributed by atoms with Crippen molar-refractivity contribution in [2.24, 2.45) is 10.2 Å². The zero-order chi connectivity index (χ0) is 26.6. The van der Waals surface area contributed by atoms with Crippen molar-refractivity contribution in [3.8, 4) is 5.75 Å². The number of nitrogens with zero attached hydrogens (tertiary/aromatic N) is 2. The molecule has 37 heavy (non-hydrogen) atoms. The van der Waals surface area contributed by atoms with E-state index < -0.39 is 0 Å². The summed E-state index contributed by atoms with van der Waals surface area (Å²) in [6.07, 6.45) is 15.5. The van der Waals surface area contributed by atoms with Crippen molar-refractivity contribution in [1.82, 2.24) is 0 Å². The monoisotopic (exact) mass is 506 g/mol. The van der Waals surface area contributed by atoms with E-state index in [-0.39, 0.29) is 5.97 Å². The quantitative estimate of drug-likeness (QED) is 0.0777. The maximum Gasteiger partial charge on any atom is 0.333 e. The number of ether oxygens (including phenoxy) is 2. The van der Waals surface area contributed by atoms with E-state index in [2.05, 4.69) is 35.9 Å². The molecule has 5 nitrogen and oxygen atoms in total. The smallest absolute Gasteiger partial charge is 0.333 e. The first-order valence-corrected chi connectivity index (χ1v) is 14.1. The molecule has 2 rings (SSSR count). The van der Waals surface area contributed by atoms with Crippen LogP contribution in [0.25, 0.3) is 0 Å². The highest BCUT2D eigenvalue weighted by Crippen LogP contribution is 2.22. The van der Waals surface area contributed by atoms with Crippen LogP contribution in [0, 0.1) is 0 Å². The van der Waals surface area contributed by atoms with Crippen LogP contribution in [0.1, 0.15) is 96.5 Å². The Labute approximate surface area is 224 Å². The molecule has 0 saturated heterocycles. The summed E-state index contributed by atoms with van der Waals surface area (Å²) in [5, 5.41) is 8.72. The molecule has 0 bridgehead atoms. The number of carbonyl (C=O) groups is 1. The van der Waals surface area contributed by atoms with Crippen LogP contribution in [0.2, 0.25) is 0 Å². The molecule has 2 aromatic rings. The summed E-state index contributed by atoms with van der Waals surface area (Å²) in [5.41, 5.74) is 3.53. The Bertz CT molecular complexity index is 920. The van der Waals surface area contributed by atoms with E-state index in [4.69, 9.17) is 9.47 Å². The molecule has 0 aliphatic rings. The highest BCUT2D eigenvalue weighted by atomic mass is 16.5. The van der Waals surface area contributed by atoms with Gasteiger partial charge in [-0.2, -0.15) is 10.2 Å². The van der Waals surface area contributed by atoms with Gasteiger partial charge in [0.15, 0.2) is 0 Å². The lowest BCUT2D eigenvalue weighted by molar-refractivity contribution is -0.139. The first-order valence-electron chi connectivity index (χ1n) is 14.1. The normalized spacial score (nSPS) is 11.1. The van der Waals surface area contributed by atoms with Crippen LogP contribution in [0.5, 0.6) is 5.75 Å². The van der Waals surface area contributed by atoms with Gasteiger partial charge in [0.25, 0.3) is 0 Å². The molecule has 0 fully saturated rings. The number of hydrogen-bond donors (Lipinski definition) is 0. The summed E-state index contributed by atoms with van der Waals surface area (Å²) < 4.78 is 11.0. The van der Waals surface area contributed by atoms with E-state index in [1.165, 1.54) is 63.4 Å². The predicted octanol–water partition coefficient (Wildman–Crippen LogP) is 9.84.